The number of carbonyl (C=O) groups excluding carboxylic acids is 1. The number of aliphatic hydroxyl groups is 1. The number of para-hydroxylation sites is 1. The summed E-state index contributed by atoms with van der Waals surface area (Å²) in [5, 5.41) is 12.0. The standard InChI is InChI=1S/C15H24N2O2/c1-2-12(9-10-16)7-8-15(19)17-14-6-4-3-5-13(14)11-18/h3-6,12,18H,2,7-11,16H2,1H3,(H,17,19). The van der Waals surface area contributed by atoms with E-state index in [-0.39, 0.29) is 12.5 Å². The molecular formula is C15H24N2O2. The van der Waals surface area contributed by atoms with Crippen LogP contribution in [0.25, 0.3) is 0 Å². The van der Waals surface area contributed by atoms with Gasteiger partial charge in [-0.3, -0.25) is 4.79 Å². The first-order chi connectivity index (χ1) is 9.21. The van der Waals surface area contributed by atoms with Gasteiger partial charge in [-0.15, -0.1) is 0 Å². The summed E-state index contributed by atoms with van der Waals surface area (Å²) in [5.41, 5.74) is 6.98. The molecule has 1 aromatic carbocycles. The van der Waals surface area contributed by atoms with Crippen molar-refractivity contribution >= 4 is 11.6 Å². The van der Waals surface area contributed by atoms with Crippen molar-refractivity contribution in [3.05, 3.63) is 29.8 Å². The van der Waals surface area contributed by atoms with E-state index in [1.54, 1.807) is 12.1 Å². The average Bonchev–Trinajstić information content (AvgIpc) is 2.44. The Balaban J connectivity index is 2.46. The van der Waals surface area contributed by atoms with Gasteiger partial charge in [-0.2, -0.15) is 0 Å². The van der Waals surface area contributed by atoms with Crippen molar-refractivity contribution in [3.8, 4) is 0 Å². The Morgan fingerprint density at radius 1 is 1.37 bits per heavy atom. The molecule has 0 spiro atoms. The van der Waals surface area contributed by atoms with Gasteiger partial charge in [0.2, 0.25) is 5.91 Å². The van der Waals surface area contributed by atoms with Crippen molar-refractivity contribution in [2.75, 3.05) is 11.9 Å². The Hall–Kier alpha value is -1.39. The molecule has 0 aliphatic carbocycles. The van der Waals surface area contributed by atoms with Crippen LogP contribution < -0.4 is 11.1 Å². The van der Waals surface area contributed by atoms with Gasteiger partial charge >= 0.3 is 0 Å². The summed E-state index contributed by atoms with van der Waals surface area (Å²) in [6, 6.07) is 7.30. The molecule has 106 valence electrons. The first kappa shape index (κ1) is 15.7. The van der Waals surface area contributed by atoms with Gasteiger partial charge in [0.05, 0.1) is 6.61 Å². The predicted molar refractivity (Wildman–Crippen MR) is 77.7 cm³/mol. The van der Waals surface area contributed by atoms with Gasteiger partial charge in [-0.25, -0.2) is 0 Å². The second-order valence-corrected chi connectivity index (χ2v) is 4.75. The van der Waals surface area contributed by atoms with E-state index in [2.05, 4.69) is 12.2 Å². The Labute approximate surface area is 115 Å². The van der Waals surface area contributed by atoms with Crippen molar-refractivity contribution in [2.24, 2.45) is 11.7 Å². The van der Waals surface area contributed by atoms with Crippen LogP contribution in [0.5, 0.6) is 0 Å². The number of benzene rings is 1. The molecule has 0 aromatic heterocycles. The Morgan fingerprint density at radius 2 is 2.11 bits per heavy atom. The van der Waals surface area contributed by atoms with E-state index >= 15 is 0 Å². The lowest BCUT2D eigenvalue weighted by molar-refractivity contribution is -0.116. The number of hydrogen-bond donors (Lipinski definition) is 3. The molecule has 0 heterocycles. The van der Waals surface area contributed by atoms with Crippen LogP contribution in [0.3, 0.4) is 0 Å². The summed E-state index contributed by atoms with van der Waals surface area (Å²) in [5.74, 6) is 0.514. The molecule has 0 fully saturated rings. The summed E-state index contributed by atoms with van der Waals surface area (Å²) in [7, 11) is 0. The summed E-state index contributed by atoms with van der Waals surface area (Å²) >= 11 is 0. The number of rotatable bonds is 8. The van der Waals surface area contributed by atoms with Crippen molar-refractivity contribution < 1.29 is 9.90 Å². The maximum absolute atomic E-state index is 11.9. The highest BCUT2D eigenvalue weighted by molar-refractivity contribution is 5.91. The first-order valence-corrected chi connectivity index (χ1v) is 6.89. The molecule has 0 saturated heterocycles. The summed E-state index contributed by atoms with van der Waals surface area (Å²) < 4.78 is 0. The highest BCUT2D eigenvalue weighted by atomic mass is 16.3. The highest BCUT2D eigenvalue weighted by Gasteiger charge is 2.10. The van der Waals surface area contributed by atoms with Gasteiger partial charge in [-0.05, 0) is 31.4 Å². The summed E-state index contributed by atoms with van der Waals surface area (Å²) in [6.45, 7) is 2.73. The summed E-state index contributed by atoms with van der Waals surface area (Å²) in [4.78, 5) is 11.9. The third-order valence-electron chi connectivity index (χ3n) is 3.39. The van der Waals surface area contributed by atoms with Crippen LogP contribution in [0.1, 0.15) is 38.2 Å². The van der Waals surface area contributed by atoms with E-state index in [4.69, 9.17) is 5.73 Å². The number of nitrogens with one attached hydrogen (secondary N) is 1. The van der Waals surface area contributed by atoms with Crippen LogP contribution in [0.2, 0.25) is 0 Å². The Bertz CT molecular complexity index is 393. The minimum atomic E-state index is -0.0682. The average molecular weight is 264 g/mol. The third kappa shape index (κ3) is 5.41. The number of anilines is 1. The number of carbonyl (C=O) groups is 1. The molecule has 0 radical (unpaired) electrons. The Kier molecular flexibility index (Phi) is 7.15. The lowest BCUT2D eigenvalue weighted by atomic mass is 9.96. The second-order valence-electron chi connectivity index (χ2n) is 4.75. The van der Waals surface area contributed by atoms with Crippen molar-refractivity contribution in [3.63, 3.8) is 0 Å². The first-order valence-electron chi connectivity index (χ1n) is 6.89. The number of nitrogens with two attached hydrogens (primary N) is 1. The van der Waals surface area contributed by atoms with Crippen molar-refractivity contribution in [1.82, 2.24) is 0 Å². The fourth-order valence-electron chi connectivity index (χ4n) is 2.12. The van der Waals surface area contributed by atoms with Crippen LogP contribution in [-0.4, -0.2) is 17.6 Å². The third-order valence-corrected chi connectivity index (χ3v) is 3.39. The molecule has 19 heavy (non-hydrogen) atoms. The molecule has 4 nitrogen and oxygen atoms in total. The fraction of sp³-hybridized carbons (Fsp3) is 0.533. The van der Waals surface area contributed by atoms with E-state index in [0.29, 0.717) is 24.6 Å². The molecule has 1 unspecified atom stereocenters. The van der Waals surface area contributed by atoms with Gasteiger partial charge in [0.1, 0.15) is 0 Å². The van der Waals surface area contributed by atoms with Crippen LogP contribution in [0.4, 0.5) is 5.69 Å². The van der Waals surface area contributed by atoms with Gasteiger partial charge in [-0.1, -0.05) is 31.5 Å². The Morgan fingerprint density at radius 3 is 2.74 bits per heavy atom. The molecule has 1 aromatic rings. The monoisotopic (exact) mass is 264 g/mol. The number of aliphatic hydroxyl groups excluding tert-OH is 1. The molecule has 4 N–H and O–H groups in total. The fourth-order valence-corrected chi connectivity index (χ4v) is 2.12. The number of hydrogen-bond acceptors (Lipinski definition) is 3. The molecule has 0 saturated carbocycles. The normalized spacial score (nSPS) is 12.2. The van der Waals surface area contributed by atoms with Gasteiger partial charge in [0.25, 0.3) is 0 Å². The van der Waals surface area contributed by atoms with E-state index < -0.39 is 0 Å². The minimum Gasteiger partial charge on any atom is -0.392 e. The van der Waals surface area contributed by atoms with Crippen molar-refractivity contribution in [2.45, 2.75) is 39.2 Å². The lowest BCUT2D eigenvalue weighted by Gasteiger charge is -2.14. The maximum Gasteiger partial charge on any atom is 0.224 e. The zero-order valence-corrected chi connectivity index (χ0v) is 11.6. The second kappa shape index (κ2) is 8.67. The van der Waals surface area contributed by atoms with Crippen molar-refractivity contribution in [1.29, 1.82) is 0 Å². The van der Waals surface area contributed by atoms with E-state index in [9.17, 15) is 9.90 Å². The van der Waals surface area contributed by atoms with Crippen LogP contribution in [-0.2, 0) is 11.4 Å². The predicted octanol–water partition coefficient (Wildman–Crippen LogP) is 2.27. The van der Waals surface area contributed by atoms with E-state index in [1.165, 1.54) is 0 Å². The lowest BCUT2D eigenvalue weighted by Crippen LogP contribution is -2.15. The molecule has 0 aliphatic rings. The quantitative estimate of drug-likeness (QED) is 0.674. The summed E-state index contributed by atoms with van der Waals surface area (Å²) in [6.07, 6.45) is 3.38. The number of amides is 1. The smallest absolute Gasteiger partial charge is 0.224 e. The van der Waals surface area contributed by atoms with E-state index in [1.807, 2.05) is 12.1 Å². The zero-order chi connectivity index (χ0) is 14.1. The SMILES string of the molecule is CCC(CCN)CCC(=O)Nc1ccccc1CO. The van der Waals surface area contributed by atoms with Gasteiger partial charge < -0.3 is 16.2 Å². The molecule has 0 aliphatic heterocycles. The highest BCUT2D eigenvalue weighted by Crippen LogP contribution is 2.18. The topological polar surface area (TPSA) is 75.4 Å². The van der Waals surface area contributed by atoms with Crippen LogP contribution >= 0.6 is 0 Å². The van der Waals surface area contributed by atoms with Gasteiger partial charge in [0, 0.05) is 17.7 Å². The van der Waals surface area contributed by atoms with Gasteiger partial charge in [0.15, 0.2) is 0 Å². The largest absolute Gasteiger partial charge is 0.392 e. The van der Waals surface area contributed by atoms with E-state index in [0.717, 1.165) is 24.8 Å². The van der Waals surface area contributed by atoms with Crippen LogP contribution in [0.15, 0.2) is 24.3 Å². The zero-order valence-electron chi connectivity index (χ0n) is 11.6. The molecule has 0 bridgehead atoms. The van der Waals surface area contributed by atoms with Crippen LogP contribution in [0, 0.1) is 5.92 Å². The molecule has 1 atom stereocenters. The molecule has 1 rings (SSSR count). The molecular weight excluding hydrogens is 240 g/mol. The molecule has 1 amide bonds. The molecule has 4 heteroatoms. The minimum absolute atomic E-state index is 0.00336. The maximum atomic E-state index is 11.9.